The van der Waals surface area contributed by atoms with Crippen molar-refractivity contribution in [2.45, 2.75) is 18.9 Å². The normalized spacial score (nSPS) is 16.0. The Morgan fingerprint density at radius 3 is 2.41 bits per heavy atom. The zero-order valence-corrected chi connectivity index (χ0v) is 15.9. The summed E-state index contributed by atoms with van der Waals surface area (Å²) in [6, 6.07) is 5.85. The number of amidine groups is 1. The van der Waals surface area contributed by atoms with Gasteiger partial charge in [-0.3, -0.25) is 4.68 Å². The highest BCUT2D eigenvalue weighted by molar-refractivity contribution is 6.13. The number of nitrogens with one attached hydrogen (secondary N) is 1. The number of carbonyl (C=O) groups is 1. The Labute approximate surface area is 176 Å². The molecule has 32 heavy (non-hydrogen) atoms. The number of alkyl halides is 6. The van der Waals surface area contributed by atoms with E-state index in [1.807, 2.05) is 0 Å². The Morgan fingerprint density at radius 2 is 1.78 bits per heavy atom. The smallest absolute Gasteiger partial charge is 0.382 e. The van der Waals surface area contributed by atoms with Gasteiger partial charge in [-0.05, 0) is 41.5 Å². The highest BCUT2D eigenvalue weighted by Gasteiger charge is 2.38. The first-order valence-corrected chi connectivity index (χ1v) is 9.02. The monoisotopic (exact) mass is 453 g/mol. The quantitative estimate of drug-likeness (QED) is 0.571. The van der Waals surface area contributed by atoms with Crippen LogP contribution >= 0.6 is 0 Å². The fourth-order valence-corrected chi connectivity index (χ4v) is 3.25. The lowest BCUT2D eigenvalue weighted by Crippen LogP contribution is -2.19. The van der Waals surface area contributed by atoms with Crippen molar-refractivity contribution in [1.82, 2.24) is 15.1 Å². The molecule has 1 aliphatic rings. The second-order valence-corrected chi connectivity index (χ2v) is 7.00. The van der Waals surface area contributed by atoms with Gasteiger partial charge in [-0.25, -0.2) is 4.79 Å². The maximum absolute atomic E-state index is 13.4. The second-order valence-electron chi connectivity index (χ2n) is 7.00. The van der Waals surface area contributed by atoms with Crippen molar-refractivity contribution in [2.75, 3.05) is 0 Å². The molecule has 2 aromatic carbocycles. The Balaban J connectivity index is 1.66. The topological polar surface area (TPSA) is 85.3 Å². The number of amides is 2. The number of fused-ring (bicyclic) bond motifs is 1. The van der Waals surface area contributed by atoms with Gasteiger partial charge in [0, 0.05) is 11.6 Å². The third-order valence-electron chi connectivity index (χ3n) is 4.70. The molecule has 1 aromatic heterocycles. The van der Waals surface area contributed by atoms with E-state index in [2.05, 4.69) is 15.4 Å². The minimum absolute atomic E-state index is 0.0211. The van der Waals surface area contributed by atoms with Crippen molar-refractivity contribution >= 4 is 28.8 Å². The summed E-state index contributed by atoms with van der Waals surface area (Å²) in [7, 11) is 0. The number of nitrogens with two attached hydrogens (primary N) is 1. The molecule has 0 radical (unpaired) electrons. The number of carbonyl (C=O) groups excluding carboxylic acids is 1. The zero-order chi connectivity index (χ0) is 23.3. The van der Waals surface area contributed by atoms with E-state index in [0.717, 1.165) is 6.07 Å². The van der Waals surface area contributed by atoms with Crippen LogP contribution < -0.4 is 11.1 Å². The van der Waals surface area contributed by atoms with Gasteiger partial charge >= 0.3 is 18.4 Å². The van der Waals surface area contributed by atoms with E-state index >= 15 is 0 Å². The molecule has 6 nitrogen and oxygen atoms in total. The van der Waals surface area contributed by atoms with Gasteiger partial charge in [-0.1, -0.05) is 12.1 Å². The highest BCUT2D eigenvalue weighted by atomic mass is 19.4. The number of benzene rings is 2. The summed E-state index contributed by atoms with van der Waals surface area (Å²) in [5.74, 6) is 0.0211. The number of urea groups is 1. The average Bonchev–Trinajstić information content (AvgIpc) is 3.21. The predicted molar refractivity (Wildman–Crippen MR) is 103 cm³/mol. The van der Waals surface area contributed by atoms with E-state index in [1.54, 1.807) is 24.3 Å². The van der Waals surface area contributed by atoms with E-state index in [-0.39, 0.29) is 24.0 Å². The van der Waals surface area contributed by atoms with E-state index in [9.17, 15) is 31.1 Å². The third kappa shape index (κ3) is 4.29. The van der Waals surface area contributed by atoms with Crippen molar-refractivity contribution in [3.63, 3.8) is 0 Å². The molecule has 0 fully saturated rings. The zero-order valence-electron chi connectivity index (χ0n) is 15.9. The number of aromatic nitrogens is 2. The fourth-order valence-electron chi connectivity index (χ4n) is 3.25. The summed E-state index contributed by atoms with van der Waals surface area (Å²) in [6.45, 7) is -0.381. The van der Waals surface area contributed by atoms with E-state index in [1.165, 1.54) is 10.9 Å². The number of aliphatic imine (C=N–C) groups is 1. The van der Waals surface area contributed by atoms with E-state index in [0.29, 0.717) is 28.2 Å². The summed E-state index contributed by atoms with van der Waals surface area (Å²) < 4.78 is 79.9. The standard InChI is InChI=1S/C20H13F6N5O/c21-19(22,23)13-3-2-11(14(7-13)20(24,25)26)8-31-9-12-5-10(1-4-15(12)30-31)6-16-17(27)29-18(32)28-16/h1-7,9H,8H2,(H3,27,28,29,32)/b16-6-. The van der Waals surface area contributed by atoms with Crippen molar-refractivity contribution in [2.24, 2.45) is 10.7 Å². The van der Waals surface area contributed by atoms with Crippen molar-refractivity contribution < 1.29 is 31.1 Å². The Bertz CT molecular complexity index is 1290. The maximum Gasteiger partial charge on any atom is 0.416 e. The molecule has 2 heterocycles. The molecular formula is C20H13F6N5O. The SMILES string of the molecule is NC1=NC(=O)N/C1=C\c1ccc2nn(Cc3ccc(C(F)(F)F)cc3C(F)(F)F)cc2c1. The van der Waals surface area contributed by atoms with Crippen LogP contribution in [0.1, 0.15) is 22.3 Å². The van der Waals surface area contributed by atoms with Crippen LogP contribution in [0.2, 0.25) is 0 Å². The summed E-state index contributed by atoms with van der Waals surface area (Å²) in [6.07, 6.45) is -6.82. The molecule has 0 unspecified atom stereocenters. The number of rotatable bonds is 3. The first-order chi connectivity index (χ1) is 14.9. The van der Waals surface area contributed by atoms with Crippen LogP contribution in [-0.2, 0) is 18.9 Å². The molecular weight excluding hydrogens is 440 g/mol. The number of hydrogen-bond acceptors (Lipinski definition) is 3. The van der Waals surface area contributed by atoms with Gasteiger partial charge in [0.05, 0.1) is 28.9 Å². The van der Waals surface area contributed by atoms with Crippen LogP contribution in [0.15, 0.2) is 53.3 Å². The highest BCUT2D eigenvalue weighted by Crippen LogP contribution is 2.37. The van der Waals surface area contributed by atoms with Gasteiger partial charge in [-0.15, -0.1) is 0 Å². The van der Waals surface area contributed by atoms with Crippen LogP contribution in [-0.4, -0.2) is 21.6 Å². The Hall–Kier alpha value is -3.83. The Morgan fingerprint density at radius 1 is 1.03 bits per heavy atom. The molecule has 0 spiro atoms. The van der Waals surface area contributed by atoms with Gasteiger partial charge in [-0.2, -0.15) is 36.4 Å². The van der Waals surface area contributed by atoms with Crippen LogP contribution in [0.4, 0.5) is 31.1 Å². The first-order valence-electron chi connectivity index (χ1n) is 9.02. The molecule has 12 heteroatoms. The van der Waals surface area contributed by atoms with Crippen molar-refractivity contribution in [3.05, 3.63) is 70.5 Å². The molecule has 2 amide bonds. The summed E-state index contributed by atoms with van der Waals surface area (Å²) >= 11 is 0. The molecule has 0 atom stereocenters. The summed E-state index contributed by atoms with van der Waals surface area (Å²) in [5, 5.41) is 7.22. The third-order valence-corrected chi connectivity index (χ3v) is 4.70. The van der Waals surface area contributed by atoms with E-state index in [4.69, 9.17) is 5.73 Å². The fraction of sp³-hybridized carbons (Fsp3) is 0.150. The molecule has 4 rings (SSSR count). The van der Waals surface area contributed by atoms with Gasteiger partial charge in [0.1, 0.15) is 0 Å². The second kappa shape index (κ2) is 7.39. The lowest BCUT2D eigenvalue weighted by atomic mass is 10.0. The molecule has 1 aliphatic heterocycles. The predicted octanol–water partition coefficient (Wildman–Crippen LogP) is 4.54. The van der Waals surface area contributed by atoms with Crippen LogP contribution in [0, 0.1) is 0 Å². The average molecular weight is 453 g/mol. The van der Waals surface area contributed by atoms with Gasteiger partial charge in [0.2, 0.25) is 0 Å². The first kappa shape index (κ1) is 21.4. The number of nitrogens with zero attached hydrogens (tertiary/aromatic N) is 3. The number of halogens is 6. The van der Waals surface area contributed by atoms with Gasteiger partial charge in [0.15, 0.2) is 5.84 Å². The molecule has 0 bridgehead atoms. The lowest BCUT2D eigenvalue weighted by Gasteiger charge is -2.16. The van der Waals surface area contributed by atoms with Gasteiger partial charge < -0.3 is 11.1 Å². The number of hydrogen-bond donors (Lipinski definition) is 2. The molecule has 0 saturated heterocycles. The lowest BCUT2D eigenvalue weighted by molar-refractivity contribution is -0.143. The van der Waals surface area contributed by atoms with E-state index < -0.39 is 29.5 Å². The molecule has 0 aliphatic carbocycles. The summed E-state index contributed by atoms with van der Waals surface area (Å²) in [4.78, 5) is 14.8. The Kier molecular flexibility index (Phi) is 4.94. The van der Waals surface area contributed by atoms with Crippen LogP contribution in [0.25, 0.3) is 17.0 Å². The van der Waals surface area contributed by atoms with Crippen LogP contribution in [0.5, 0.6) is 0 Å². The maximum atomic E-state index is 13.4. The van der Waals surface area contributed by atoms with Crippen LogP contribution in [0.3, 0.4) is 0 Å². The summed E-state index contributed by atoms with van der Waals surface area (Å²) in [5.41, 5.74) is 3.92. The molecule has 3 N–H and O–H groups in total. The van der Waals surface area contributed by atoms with Crippen molar-refractivity contribution in [1.29, 1.82) is 0 Å². The minimum Gasteiger partial charge on any atom is -0.382 e. The molecule has 166 valence electrons. The molecule has 3 aromatic rings. The minimum atomic E-state index is -4.96. The van der Waals surface area contributed by atoms with Crippen molar-refractivity contribution in [3.8, 4) is 0 Å². The largest absolute Gasteiger partial charge is 0.416 e. The molecule has 0 saturated carbocycles. The van der Waals surface area contributed by atoms with Gasteiger partial charge in [0.25, 0.3) is 0 Å².